The molecule has 1 aliphatic carbocycles. The largest absolute Gasteiger partial charge is 0.325 e. The van der Waals surface area contributed by atoms with Gasteiger partial charge in [0, 0.05) is 10.7 Å². The third kappa shape index (κ3) is 2.91. The van der Waals surface area contributed by atoms with Crippen LogP contribution in [0.15, 0.2) is 18.2 Å². The molecule has 2 N–H and O–H groups in total. The van der Waals surface area contributed by atoms with E-state index >= 15 is 0 Å². The van der Waals surface area contributed by atoms with Crippen molar-refractivity contribution in [3.63, 3.8) is 0 Å². The summed E-state index contributed by atoms with van der Waals surface area (Å²) in [6, 6.07) is 4.64. The number of hydrogen-bond donors (Lipinski definition) is 2. The first-order valence-electron chi connectivity index (χ1n) is 7.51. The summed E-state index contributed by atoms with van der Waals surface area (Å²) < 4.78 is 0. The number of carbonyl (C=O) groups is 3. The first-order valence-corrected chi connectivity index (χ1v) is 7.89. The summed E-state index contributed by atoms with van der Waals surface area (Å²) in [7, 11) is 0. The van der Waals surface area contributed by atoms with Crippen LogP contribution in [-0.2, 0) is 9.59 Å². The Kier molecular flexibility index (Phi) is 3.80. The van der Waals surface area contributed by atoms with Crippen molar-refractivity contribution >= 4 is 35.1 Å². The molecule has 2 fully saturated rings. The van der Waals surface area contributed by atoms with Crippen LogP contribution in [0.5, 0.6) is 0 Å². The molecular weight excluding hydrogens is 318 g/mol. The Balaban J connectivity index is 1.69. The van der Waals surface area contributed by atoms with E-state index in [0.29, 0.717) is 10.7 Å². The number of benzene rings is 1. The number of amides is 4. The maximum absolute atomic E-state index is 12.5. The highest BCUT2D eigenvalue weighted by molar-refractivity contribution is 6.31. The molecule has 1 unspecified atom stereocenters. The van der Waals surface area contributed by atoms with Gasteiger partial charge >= 0.3 is 6.03 Å². The van der Waals surface area contributed by atoms with Gasteiger partial charge < -0.3 is 10.6 Å². The number of hydrogen-bond acceptors (Lipinski definition) is 3. The summed E-state index contributed by atoms with van der Waals surface area (Å²) in [5.41, 5.74) is 0.547. The highest BCUT2D eigenvalue weighted by atomic mass is 35.5. The van der Waals surface area contributed by atoms with Crippen molar-refractivity contribution in [3.8, 4) is 0 Å². The van der Waals surface area contributed by atoms with Crippen LogP contribution in [0, 0.1) is 12.8 Å². The van der Waals surface area contributed by atoms with Gasteiger partial charge in [-0.1, -0.05) is 17.7 Å². The predicted octanol–water partition coefficient (Wildman–Crippen LogP) is 2.31. The normalized spacial score (nSPS) is 23.9. The Morgan fingerprint density at radius 3 is 2.78 bits per heavy atom. The van der Waals surface area contributed by atoms with E-state index in [1.165, 1.54) is 0 Å². The van der Waals surface area contributed by atoms with E-state index in [2.05, 4.69) is 10.6 Å². The van der Waals surface area contributed by atoms with Crippen LogP contribution in [0.1, 0.15) is 25.3 Å². The summed E-state index contributed by atoms with van der Waals surface area (Å²) in [6.45, 7) is 3.26. The topological polar surface area (TPSA) is 78.5 Å². The summed E-state index contributed by atoms with van der Waals surface area (Å²) in [5.74, 6) is -0.593. The highest BCUT2D eigenvalue weighted by Crippen LogP contribution is 2.42. The van der Waals surface area contributed by atoms with E-state index < -0.39 is 17.5 Å². The van der Waals surface area contributed by atoms with E-state index in [1.54, 1.807) is 25.1 Å². The fourth-order valence-corrected chi connectivity index (χ4v) is 3.03. The summed E-state index contributed by atoms with van der Waals surface area (Å²) in [5, 5.41) is 5.91. The zero-order chi connectivity index (χ0) is 16.8. The summed E-state index contributed by atoms with van der Waals surface area (Å²) in [6.07, 6.45) is 1.84. The van der Waals surface area contributed by atoms with Crippen molar-refractivity contribution in [3.05, 3.63) is 28.8 Å². The first-order chi connectivity index (χ1) is 10.8. The lowest BCUT2D eigenvalue weighted by Gasteiger charge is -2.20. The second kappa shape index (κ2) is 5.53. The van der Waals surface area contributed by atoms with Crippen molar-refractivity contribution in [1.29, 1.82) is 0 Å². The molecule has 1 heterocycles. The predicted molar refractivity (Wildman–Crippen MR) is 86.2 cm³/mol. The third-order valence-corrected chi connectivity index (χ3v) is 4.71. The highest BCUT2D eigenvalue weighted by Gasteiger charge is 2.56. The lowest BCUT2D eigenvalue weighted by molar-refractivity contribution is -0.134. The zero-order valence-corrected chi connectivity index (χ0v) is 13.7. The second-order valence-electron chi connectivity index (χ2n) is 6.31. The van der Waals surface area contributed by atoms with Crippen LogP contribution < -0.4 is 10.6 Å². The SMILES string of the molecule is Cc1ccc(Cl)cc1NC(=O)CN1C(=O)NC(C)(C2CC2)C1=O. The van der Waals surface area contributed by atoms with E-state index in [9.17, 15) is 14.4 Å². The molecule has 1 aliphatic heterocycles. The Labute approximate surface area is 139 Å². The molecule has 1 saturated heterocycles. The van der Waals surface area contributed by atoms with Crippen LogP contribution >= 0.6 is 11.6 Å². The molecule has 0 radical (unpaired) electrons. The van der Waals surface area contributed by atoms with Gasteiger partial charge in [-0.2, -0.15) is 0 Å². The maximum Gasteiger partial charge on any atom is 0.325 e. The number of anilines is 1. The lowest BCUT2D eigenvalue weighted by atomic mass is 9.96. The molecular formula is C16H18ClN3O3. The van der Waals surface area contributed by atoms with Crippen molar-refractivity contribution in [2.45, 2.75) is 32.2 Å². The number of imide groups is 1. The fraction of sp³-hybridized carbons (Fsp3) is 0.438. The number of nitrogens with one attached hydrogen (secondary N) is 2. The third-order valence-electron chi connectivity index (χ3n) is 4.47. The minimum absolute atomic E-state index is 0.169. The van der Waals surface area contributed by atoms with Crippen LogP contribution in [0.4, 0.5) is 10.5 Å². The van der Waals surface area contributed by atoms with E-state index in [-0.39, 0.29) is 18.4 Å². The van der Waals surface area contributed by atoms with Crippen LogP contribution in [0.25, 0.3) is 0 Å². The fourth-order valence-electron chi connectivity index (χ4n) is 2.86. The van der Waals surface area contributed by atoms with Gasteiger partial charge in [0.05, 0.1) is 0 Å². The van der Waals surface area contributed by atoms with Gasteiger partial charge in [-0.15, -0.1) is 0 Å². The summed E-state index contributed by atoms with van der Waals surface area (Å²) in [4.78, 5) is 37.7. The van der Waals surface area contributed by atoms with Crippen LogP contribution in [0.3, 0.4) is 0 Å². The molecule has 2 aliphatic rings. The summed E-state index contributed by atoms with van der Waals surface area (Å²) >= 11 is 5.92. The maximum atomic E-state index is 12.5. The smallest absolute Gasteiger partial charge is 0.324 e. The average molecular weight is 336 g/mol. The quantitative estimate of drug-likeness (QED) is 0.829. The molecule has 0 spiro atoms. The van der Waals surface area contributed by atoms with Gasteiger partial charge in [0.1, 0.15) is 12.1 Å². The molecule has 1 aromatic rings. The van der Waals surface area contributed by atoms with Gasteiger partial charge in [0.25, 0.3) is 5.91 Å². The molecule has 6 nitrogen and oxygen atoms in total. The molecule has 23 heavy (non-hydrogen) atoms. The Bertz CT molecular complexity index is 702. The molecule has 0 aromatic heterocycles. The lowest BCUT2D eigenvalue weighted by Crippen LogP contribution is -2.46. The average Bonchev–Trinajstić information content (AvgIpc) is 3.29. The number of halogens is 1. The number of urea groups is 1. The second-order valence-corrected chi connectivity index (χ2v) is 6.74. The monoisotopic (exact) mass is 335 g/mol. The molecule has 122 valence electrons. The van der Waals surface area contributed by atoms with E-state index in [1.807, 2.05) is 6.92 Å². The Morgan fingerprint density at radius 1 is 1.43 bits per heavy atom. The van der Waals surface area contributed by atoms with Gasteiger partial charge in [0.2, 0.25) is 5.91 Å². The van der Waals surface area contributed by atoms with Crippen molar-refractivity contribution in [1.82, 2.24) is 10.2 Å². The molecule has 1 saturated carbocycles. The van der Waals surface area contributed by atoms with Crippen molar-refractivity contribution in [2.75, 3.05) is 11.9 Å². The van der Waals surface area contributed by atoms with Crippen LogP contribution in [-0.4, -0.2) is 34.8 Å². The van der Waals surface area contributed by atoms with Crippen molar-refractivity contribution < 1.29 is 14.4 Å². The van der Waals surface area contributed by atoms with Gasteiger partial charge in [-0.3, -0.25) is 14.5 Å². The number of carbonyl (C=O) groups excluding carboxylic acids is 3. The molecule has 7 heteroatoms. The van der Waals surface area contributed by atoms with Gasteiger partial charge in [-0.25, -0.2) is 4.79 Å². The molecule has 1 aromatic carbocycles. The minimum atomic E-state index is -0.872. The number of nitrogens with zero attached hydrogens (tertiary/aromatic N) is 1. The van der Waals surface area contributed by atoms with Gasteiger partial charge in [-0.05, 0) is 50.3 Å². The minimum Gasteiger partial charge on any atom is -0.324 e. The molecule has 3 rings (SSSR count). The van der Waals surface area contributed by atoms with E-state index in [0.717, 1.165) is 23.3 Å². The number of aryl methyl sites for hydroxylation is 1. The zero-order valence-electron chi connectivity index (χ0n) is 13.0. The first kappa shape index (κ1) is 15.8. The van der Waals surface area contributed by atoms with Crippen molar-refractivity contribution in [2.24, 2.45) is 5.92 Å². The Morgan fingerprint density at radius 2 is 2.13 bits per heavy atom. The van der Waals surface area contributed by atoms with E-state index in [4.69, 9.17) is 11.6 Å². The Hall–Kier alpha value is -2.08. The van der Waals surface area contributed by atoms with Crippen LogP contribution in [0.2, 0.25) is 5.02 Å². The molecule has 4 amide bonds. The standard InChI is InChI=1S/C16H18ClN3O3/c1-9-3-6-11(17)7-12(9)18-13(21)8-20-14(22)16(2,10-4-5-10)19-15(20)23/h3,6-7,10H,4-5,8H2,1-2H3,(H,18,21)(H,19,23). The van der Waals surface area contributed by atoms with Gasteiger partial charge in [0.15, 0.2) is 0 Å². The number of rotatable bonds is 4. The molecule has 1 atom stereocenters. The molecule has 0 bridgehead atoms.